The molecule has 1 aromatic rings. The largest absolute Gasteiger partial charge is 0.369 e. The lowest BCUT2D eigenvalue weighted by molar-refractivity contribution is 1.21. The molecule has 0 unspecified atom stereocenters. The fraction of sp³-hybridized carbons (Fsp3) is 0. The van der Waals surface area contributed by atoms with E-state index in [1.54, 1.807) is 0 Å². The van der Waals surface area contributed by atoms with Gasteiger partial charge in [0.2, 0.25) is 11.9 Å². The zero-order valence-corrected chi connectivity index (χ0v) is 10.8. The molecule has 1 rings (SSSR count). The molecule has 0 aromatic heterocycles. The van der Waals surface area contributed by atoms with Gasteiger partial charge in [0, 0.05) is 0 Å². The van der Waals surface area contributed by atoms with Crippen molar-refractivity contribution in [2.75, 3.05) is 0 Å². The molecule has 0 radical (unpaired) electrons. The van der Waals surface area contributed by atoms with Gasteiger partial charge in [-0.1, -0.05) is 24.3 Å². The highest BCUT2D eigenvalue weighted by molar-refractivity contribution is 5.85. The van der Waals surface area contributed by atoms with Gasteiger partial charge in [-0.3, -0.25) is 0 Å². The number of hydrogen-bond acceptors (Lipinski definition) is 4. The summed E-state index contributed by atoms with van der Waals surface area (Å²) in [5, 5.41) is 14.3. The predicted molar refractivity (Wildman–Crippen MR) is 80.5 cm³/mol. The number of rotatable bonds is 4. The Labute approximate surface area is 116 Å². The number of nitrogens with zero attached hydrogens (tertiary/aromatic N) is 4. The first-order valence-electron chi connectivity index (χ1n) is 4.92. The molecule has 0 aliphatic rings. The zero-order chi connectivity index (χ0) is 13.4. The molecule has 0 aliphatic heterocycles. The van der Waals surface area contributed by atoms with Crippen molar-refractivity contribution in [3.8, 4) is 0 Å². The summed E-state index contributed by atoms with van der Waals surface area (Å²) in [6.07, 6.45) is 3.05. The molecule has 0 saturated carbocycles. The van der Waals surface area contributed by atoms with Crippen LogP contribution in [-0.2, 0) is 0 Å². The van der Waals surface area contributed by atoms with Gasteiger partial charge >= 0.3 is 0 Å². The molecule has 8 nitrogen and oxygen atoms in total. The number of hydrogen-bond donors (Lipinski definition) is 4. The number of benzene rings is 1. The quantitative estimate of drug-likeness (QED) is 0.328. The molecule has 102 valence electrons. The van der Waals surface area contributed by atoms with Gasteiger partial charge in [-0.15, -0.1) is 22.6 Å². The maximum Gasteiger partial charge on any atom is 0.211 e. The summed E-state index contributed by atoms with van der Waals surface area (Å²) < 4.78 is 0. The predicted octanol–water partition coefficient (Wildman–Crippen LogP) is -0.677. The lowest BCUT2D eigenvalue weighted by Gasteiger charge is -1.93. The van der Waals surface area contributed by atoms with Crippen LogP contribution in [0.15, 0.2) is 44.7 Å². The Balaban J connectivity index is 0.00000324. The normalized spacial score (nSPS) is 10.1. The minimum atomic E-state index is -0.0905. The van der Waals surface area contributed by atoms with Crippen LogP contribution in [0.1, 0.15) is 11.1 Å². The van der Waals surface area contributed by atoms with Crippen molar-refractivity contribution in [1.82, 2.24) is 0 Å². The third-order valence-electron chi connectivity index (χ3n) is 1.70. The van der Waals surface area contributed by atoms with Crippen molar-refractivity contribution >= 4 is 36.8 Å². The lowest BCUT2D eigenvalue weighted by Crippen LogP contribution is -2.21. The Kier molecular flexibility index (Phi) is 7.31. The van der Waals surface area contributed by atoms with Gasteiger partial charge in [0.15, 0.2) is 0 Å². The van der Waals surface area contributed by atoms with Gasteiger partial charge in [0.1, 0.15) is 0 Å². The topological polar surface area (TPSA) is 154 Å². The van der Waals surface area contributed by atoms with Crippen molar-refractivity contribution in [1.29, 1.82) is 0 Å². The van der Waals surface area contributed by atoms with Crippen molar-refractivity contribution in [2.45, 2.75) is 0 Å². The maximum atomic E-state index is 5.12. The summed E-state index contributed by atoms with van der Waals surface area (Å²) in [5.74, 6) is -0.181. The summed E-state index contributed by atoms with van der Waals surface area (Å²) in [5.41, 5.74) is 22.2. The van der Waals surface area contributed by atoms with E-state index in [1.165, 1.54) is 12.4 Å². The Morgan fingerprint density at radius 2 is 1.05 bits per heavy atom. The van der Waals surface area contributed by atoms with Gasteiger partial charge in [-0.2, -0.15) is 10.2 Å². The van der Waals surface area contributed by atoms with Crippen LogP contribution in [-0.4, -0.2) is 24.3 Å². The number of guanidine groups is 2. The number of halogens is 1. The Bertz CT molecular complexity index is 448. The van der Waals surface area contributed by atoms with Crippen molar-refractivity contribution < 1.29 is 0 Å². The first kappa shape index (κ1) is 16.4. The molecule has 0 heterocycles. The highest BCUT2D eigenvalue weighted by Gasteiger charge is 1.89. The fourth-order valence-electron chi connectivity index (χ4n) is 0.993. The molecule has 0 saturated heterocycles. The van der Waals surface area contributed by atoms with Crippen molar-refractivity contribution in [2.24, 2.45) is 43.3 Å². The van der Waals surface area contributed by atoms with E-state index in [2.05, 4.69) is 20.4 Å². The molecular formula is C10H15ClN8. The van der Waals surface area contributed by atoms with Gasteiger partial charge in [-0.05, 0) is 11.1 Å². The molecular weight excluding hydrogens is 268 g/mol. The highest BCUT2D eigenvalue weighted by atomic mass is 35.5. The van der Waals surface area contributed by atoms with E-state index in [9.17, 15) is 0 Å². The number of nitrogens with two attached hydrogens (primary N) is 4. The van der Waals surface area contributed by atoms with E-state index in [4.69, 9.17) is 22.9 Å². The van der Waals surface area contributed by atoms with Crippen LogP contribution >= 0.6 is 12.4 Å². The van der Waals surface area contributed by atoms with Crippen LogP contribution < -0.4 is 22.9 Å². The Hall–Kier alpha value is -2.61. The van der Waals surface area contributed by atoms with Crippen molar-refractivity contribution in [3.05, 3.63) is 35.4 Å². The van der Waals surface area contributed by atoms with Crippen LogP contribution in [0.25, 0.3) is 0 Å². The summed E-state index contributed by atoms with van der Waals surface area (Å²) in [4.78, 5) is 0. The van der Waals surface area contributed by atoms with Crippen LogP contribution in [0.4, 0.5) is 0 Å². The summed E-state index contributed by atoms with van der Waals surface area (Å²) in [6.45, 7) is 0. The third kappa shape index (κ3) is 7.34. The molecule has 0 amide bonds. The first-order valence-corrected chi connectivity index (χ1v) is 4.92. The summed E-state index contributed by atoms with van der Waals surface area (Å²) >= 11 is 0. The lowest BCUT2D eigenvalue weighted by atomic mass is 10.2. The third-order valence-corrected chi connectivity index (χ3v) is 1.70. The summed E-state index contributed by atoms with van der Waals surface area (Å²) in [7, 11) is 0. The van der Waals surface area contributed by atoms with Gasteiger partial charge < -0.3 is 22.9 Å². The van der Waals surface area contributed by atoms with E-state index in [0.29, 0.717) is 0 Å². The Morgan fingerprint density at radius 3 is 1.32 bits per heavy atom. The molecule has 0 atom stereocenters. The minimum absolute atomic E-state index is 0. The van der Waals surface area contributed by atoms with Crippen LogP contribution in [0.5, 0.6) is 0 Å². The van der Waals surface area contributed by atoms with Crippen LogP contribution in [0.2, 0.25) is 0 Å². The second-order valence-corrected chi connectivity index (χ2v) is 3.21. The highest BCUT2D eigenvalue weighted by Crippen LogP contribution is 2.00. The van der Waals surface area contributed by atoms with E-state index in [-0.39, 0.29) is 24.3 Å². The van der Waals surface area contributed by atoms with Crippen molar-refractivity contribution in [3.63, 3.8) is 0 Å². The molecule has 0 aliphatic carbocycles. The SMILES string of the molecule is Cl.NC(N)=N/N=C\c1ccc(/C=N/N=C(N)N)cc1. The molecule has 0 fully saturated rings. The fourth-order valence-corrected chi connectivity index (χ4v) is 0.993. The monoisotopic (exact) mass is 282 g/mol. The molecule has 0 spiro atoms. The van der Waals surface area contributed by atoms with Gasteiger partial charge in [0.25, 0.3) is 0 Å². The van der Waals surface area contributed by atoms with Gasteiger partial charge in [-0.25, -0.2) is 0 Å². The maximum absolute atomic E-state index is 5.12. The molecule has 1 aromatic carbocycles. The van der Waals surface area contributed by atoms with E-state index in [0.717, 1.165) is 11.1 Å². The zero-order valence-electron chi connectivity index (χ0n) is 9.97. The van der Waals surface area contributed by atoms with Gasteiger partial charge in [0.05, 0.1) is 12.4 Å². The second-order valence-electron chi connectivity index (χ2n) is 3.21. The average molecular weight is 283 g/mol. The smallest absolute Gasteiger partial charge is 0.211 e. The second kappa shape index (κ2) is 8.48. The van der Waals surface area contributed by atoms with E-state index in [1.807, 2.05) is 24.3 Å². The van der Waals surface area contributed by atoms with Crippen LogP contribution in [0, 0.1) is 0 Å². The standard InChI is InChI=1S/C10H14N8.ClH/c11-9(12)17-15-5-7-1-2-8(4-3-7)6-16-18-10(13)14;/h1-6H,(H4,11,12,17)(H4,13,14,18);1H/b15-5-,16-6+;. The molecule has 9 heteroatoms. The molecule has 8 N–H and O–H groups in total. The van der Waals surface area contributed by atoms with E-state index >= 15 is 0 Å². The van der Waals surface area contributed by atoms with E-state index < -0.39 is 0 Å². The molecule has 0 bridgehead atoms. The molecule has 19 heavy (non-hydrogen) atoms. The first-order chi connectivity index (χ1) is 8.58. The van der Waals surface area contributed by atoms with Crippen LogP contribution in [0.3, 0.4) is 0 Å². The Morgan fingerprint density at radius 1 is 0.737 bits per heavy atom. The summed E-state index contributed by atoms with van der Waals surface area (Å²) in [6, 6.07) is 7.29. The average Bonchev–Trinajstić information content (AvgIpc) is 2.30. The minimum Gasteiger partial charge on any atom is -0.369 e.